The summed E-state index contributed by atoms with van der Waals surface area (Å²) in [6, 6.07) is 23.9. The fourth-order valence-electron chi connectivity index (χ4n) is 5.64. The summed E-state index contributed by atoms with van der Waals surface area (Å²) < 4.78 is 5.61. The second-order valence-corrected chi connectivity index (χ2v) is 11.7. The van der Waals surface area contributed by atoms with Crippen molar-refractivity contribution in [3.8, 4) is 0 Å². The van der Waals surface area contributed by atoms with E-state index >= 15 is 0 Å². The zero-order valence-corrected chi connectivity index (χ0v) is 24.0. The maximum atomic E-state index is 14.2. The van der Waals surface area contributed by atoms with E-state index < -0.39 is 23.7 Å². The van der Waals surface area contributed by atoms with Crippen molar-refractivity contribution in [3.63, 3.8) is 0 Å². The first-order chi connectivity index (χ1) is 19.6. The number of aryl methyl sites for hydroxylation is 1. The van der Waals surface area contributed by atoms with Gasteiger partial charge >= 0.3 is 6.09 Å². The number of likely N-dealkylation sites (tertiary alicyclic amines) is 1. The molecule has 0 saturated carbocycles. The topological polar surface area (TPSA) is 88.2 Å². The number of amides is 3. The van der Waals surface area contributed by atoms with Crippen molar-refractivity contribution in [1.29, 1.82) is 0 Å². The summed E-state index contributed by atoms with van der Waals surface area (Å²) in [7, 11) is 0. The lowest BCUT2D eigenvalue weighted by atomic mass is 9.78. The van der Waals surface area contributed by atoms with Crippen LogP contribution in [0, 0.1) is 6.92 Å². The van der Waals surface area contributed by atoms with Crippen molar-refractivity contribution >= 4 is 17.9 Å². The maximum Gasteiger partial charge on any atom is 0.410 e. The van der Waals surface area contributed by atoms with Gasteiger partial charge in [0.25, 0.3) is 11.8 Å². The normalized spacial score (nSPS) is 20.5. The fraction of sp³-hybridized carbons (Fsp3) is 0.364. The van der Waals surface area contributed by atoms with Gasteiger partial charge in [0.15, 0.2) is 0 Å². The van der Waals surface area contributed by atoms with E-state index in [2.05, 4.69) is 5.48 Å². The molecule has 1 fully saturated rings. The average Bonchev–Trinajstić information content (AvgIpc) is 3.43. The SMILES string of the molecule is Cc1ccc(C2C(C(=O)NOCc3ccccc3)c3ccccc3C(=O)N2C2CCN(C(=O)OC(C)(C)C)C2)cc1. The van der Waals surface area contributed by atoms with Crippen LogP contribution in [0.2, 0.25) is 0 Å². The van der Waals surface area contributed by atoms with Crippen LogP contribution in [0.15, 0.2) is 78.9 Å². The van der Waals surface area contributed by atoms with Gasteiger partial charge in [-0.05, 0) is 56.9 Å². The number of hydrogen-bond donors (Lipinski definition) is 1. The van der Waals surface area contributed by atoms with E-state index in [1.165, 1.54) is 0 Å². The van der Waals surface area contributed by atoms with E-state index in [4.69, 9.17) is 9.57 Å². The number of rotatable bonds is 6. The van der Waals surface area contributed by atoms with Gasteiger partial charge in [-0.1, -0.05) is 78.4 Å². The van der Waals surface area contributed by atoms with Gasteiger partial charge in [-0.2, -0.15) is 0 Å². The molecular weight excluding hydrogens is 518 g/mol. The molecule has 2 heterocycles. The van der Waals surface area contributed by atoms with Crippen LogP contribution < -0.4 is 5.48 Å². The lowest BCUT2D eigenvalue weighted by Crippen LogP contribution is -2.52. The highest BCUT2D eigenvalue weighted by Gasteiger charge is 2.48. The molecular formula is C33H37N3O5. The first-order valence-electron chi connectivity index (χ1n) is 14.0. The van der Waals surface area contributed by atoms with Crippen LogP contribution >= 0.6 is 0 Å². The van der Waals surface area contributed by atoms with Crippen LogP contribution in [0.3, 0.4) is 0 Å². The maximum absolute atomic E-state index is 14.2. The third-order valence-electron chi connectivity index (χ3n) is 7.54. The van der Waals surface area contributed by atoms with E-state index in [1.807, 2.05) is 100 Å². The van der Waals surface area contributed by atoms with Crippen LogP contribution in [0.25, 0.3) is 0 Å². The molecule has 1 N–H and O–H groups in total. The van der Waals surface area contributed by atoms with Crippen LogP contribution in [-0.4, -0.2) is 52.4 Å². The Labute approximate surface area is 241 Å². The van der Waals surface area contributed by atoms with E-state index in [1.54, 1.807) is 15.9 Å². The highest BCUT2D eigenvalue weighted by molar-refractivity contribution is 6.01. The number of benzene rings is 3. The predicted molar refractivity (Wildman–Crippen MR) is 155 cm³/mol. The third-order valence-corrected chi connectivity index (χ3v) is 7.54. The van der Waals surface area contributed by atoms with E-state index in [9.17, 15) is 14.4 Å². The van der Waals surface area contributed by atoms with E-state index in [0.29, 0.717) is 30.6 Å². The van der Waals surface area contributed by atoms with Crippen molar-refractivity contribution in [2.75, 3.05) is 13.1 Å². The average molecular weight is 556 g/mol. The Kier molecular flexibility index (Phi) is 8.13. The molecule has 0 bridgehead atoms. The van der Waals surface area contributed by atoms with Crippen LogP contribution in [0.5, 0.6) is 0 Å². The lowest BCUT2D eigenvalue weighted by molar-refractivity contribution is -0.138. The standard InChI is InChI=1S/C33H37N3O5/c1-22-14-16-24(17-15-22)29-28(30(37)34-40-21-23-10-6-5-7-11-23)26-12-8-9-13-27(26)31(38)36(29)25-18-19-35(20-25)32(39)41-33(2,3)4/h5-17,25,28-29H,18-21H2,1-4H3,(H,34,37). The summed E-state index contributed by atoms with van der Waals surface area (Å²) in [5.74, 6) is -1.21. The Morgan fingerprint density at radius 3 is 2.34 bits per heavy atom. The lowest BCUT2D eigenvalue weighted by Gasteiger charge is -2.44. The Morgan fingerprint density at radius 1 is 0.951 bits per heavy atom. The highest BCUT2D eigenvalue weighted by Crippen LogP contribution is 2.45. The predicted octanol–water partition coefficient (Wildman–Crippen LogP) is 5.53. The quantitative estimate of drug-likeness (QED) is 0.404. The first-order valence-corrected chi connectivity index (χ1v) is 14.0. The van der Waals surface area contributed by atoms with Crippen molar-refractivity contribution in [3.05, 3.63) is 107 Å². The van der Waals surface area contributed by atoms with Gasteiger partial charge in [0.2, 0.25) is 0 Å². The summed E-state index contributed by atoms with van der Waals surface area (Å²) in [5.41, 5.74) is 6.03. The van der Waals surface area contributed by atoms with Gasteiger partial charge < -0.3 is 14.5 Å². The second-order valence-electron chi connectivity index (χ2n) is 11.7. The smallest absolute Gasteiger partial charge is 0.410 e. The molecule has 41 heavy (non-hydrogen) atoms. The summed E-state index contributed by atoms with van der Waals surface area (Å²) in [4.78, 5) is 50.1. The first kappa shape index (κ1) is 28.4. The number of carbonyl (C=O) groups excluding carboxylic acids is 3. The number of ether oxygens (including phenoxy) is 1. The minimum Gasteiger partial charge on any atom is -0.444 e. The molecule has 3 aromatic rings. The molecule has 3 aromatic carbocycles. The van der Waals surface area contributed by atoms with Crippen molar-refractivity contribution in [2.45, 2.75) is 64.3 Å². The molecule has 3 atom stereocenters. The van der Waals surface area contributed by atoms with Crippen LogP contribution in [0.4, 0.5) is 4.79 Å². The number of fused-ring (bicyclic) bond motifs is 1. The molecule has 0 aliphatic carbocycles. The minimum absolute atomic E-state index is 0.156. The highest BCUT2D eigenvalue weighted by atomic mass is 16.6. The Balaban J connectivity index is 1.49. The monoisotopic (exact) mass is 555 g/mol. The molecule has 2 aliphatic heterocycles. The van der Waals surface area contributed by atoms with Crippen LogP contribution in [-0.2, 0) is 21.0 Å². The largest absolute Gasteiger partial charge is 0.444 e. The van der Waals surface area contributed by atoms with Crippen LogP contribution in [0.1, 0.15) is 71.8 Å². The number of nitrogens with zero attached hydrogens (tertiary/aromatic N) is 2. The molecule has 0 aromatic heterocycles. The van der Waals surface area contributed by atoms with Gasteiger partial charge in [0, 0.05) is 18.7 Å². The summed E-state index contributed by atoms with van der Waals surface area (Å²) in [6.45, 7) is 8.50. The van der Waals surface area contributed by atoms with E-state index in [-0.39, 0.29) is 24.5 Å². The Morgan fingerprint density at radius 2 is 1.63 bits per heavy atom. The molecule has 8 heteroatoms. The number of carbonyl (C=O) groups is 3. The summed E-state index contributed by atoms with van der Waals surface area (Å²) >= 11 is 0. The Bertz CT molecular complexity index is 1400. The molecule has 1 saturated heterocycles. The van der Waals surface area contributed by atoms with Gasteiger partial charge in [0.1, 0.15) is 5.60 Å². The van der Waals surface area contributed by atoms with Crippen molar-refractivity contribution in [1.82, 2.24) is 15.3 Å². The summed E-state index contributed by atoms with van der Waals surface area (Å²) in [6.07, 6.45) is 0.175. The van der Waals surface area contributed by atoms with Gasteiger partial charge in [-0.3, -0.25) is 14.4 Å². The van der Waals surface area contributed by atoms with Gasteiger partial charge in [0.05, 0.1) is 24.6 Å². The number of hydroxylamine groups is 1. The van der Waals surface area contributed by atoms with E-state index in [0.717, 1.165) is 16.7 Å². The molecule has 8 nitrogen and oxygen atoms in total. The molecule has 3 amide bonds. The molecule has 2 aliphatic rings. The number of hydrogen-bond acceptors (Lipinski definition) is 5. The van der Waals surface area contributed by atoms with Gasteiger partial charge in [-0.15, -0.1) is 0 Å². The zero-order chi connectivity index (χ0) is 29.1. The molecule has 0 spiro atoms. The second kappa shape index (κ2) is 11.7. The molecule has 214 valence electrons. The zero-order valence-electron chi connectivity index (χ0n) is 24.0. The third kappa shape index (κ3) is 6.28. The fourth-order valence-corrected chi connectivity index (χ4v) is 5.64. The summed E-state index contributed by atoms with van der Waals surface area (Å²) in [5, 5.41) is 0. The number of nitrogens with one attached hydrogen (secondary N) is 1. The van der Waals surface area contributed by atoms with Crippen molar-refractivity contribution in [2.24, 2.45) is 0 Å². The minimum atomic E-state index is -0.724. The van der Waals surface area contributed by atoms with Gasteiger partial charge in [-0.25, -0.2) is 10.3 Å². The molecule has 0 radical (unpaired) electrons. The Hall–Kier alpha value is -4.17. The molecule has 3 unspecified atom stereocenters. The van der Waals surface area contributed by atoms with Crippen molar-refractivity contribution < 1.29 is 24.0 Å². The molecule has 5 rings (SSSR count).